The molecule has 7 heteroatoms. The molecule has 0 amide bonds. The standard InChI is InChI=1S/C21H18I2N2O3/c22-17-10-14(12-19(24)21(26)27)11-18(23)20(17)28-16-6-3-4-13(9-16)8-15-5-1-2-7-25-15/h1-7,9-11,19H,8,12,24H2,(H,26,27). The molecular weight excluding hydrogens is 582 g/mol. The number of nitrogens with zero attached hydrogens (tertiary/aromatic N) is 1. The van der Waals surface area contributed by atoms with Gasteiger partial charge in [-0.1, -0.05) is 18.2 Å². The zero-order valence-electron chi connectivity index (χ0n) is 14.8. The number of hydrogen-bond acceptors (Lipinski definition) is 4. The lowest BCUT2D eigenvalue weighted by molar-refractivity contribution is -0.138. The first-order chi connectivity index (χ1) is 13.4. The molecule has 0 radical (unpaired) electrons. The van der Waals surface area contributed by atoms with Gasteiger partial charge in [0.05, 0.1) is 7.14 Å². The van der Waals surface area contributed by atoms with Crippen LogP contribution >= 0.6 is 45.2 Å². The minimum absolute atomic E-state index is 0.279. The summed E-state index contributed by atoms with van der Waals surface area (Å²) < 4.78 is 7.96. The Bertz CT molecular complexity index is 957. The SMILES string of the molecule is NC(Cc1cc(I)c(Oc2cccc(Cc3ccccn3)c2)c(I)c1)C(=O)O. The zero-order valence-corrected chi connectivity index (χ0v) is 19.1. The van der Waals surface area contributed by atoms with Gasteiger partial charge in [0.2, 0.25) is 0 Å². The van der Waals surface area contributed by atoms with Crippen LogP contribution in [0.5, 0.6) is 11.5 Å². The molecule has 5 nitrogen and oxygen atoms in total. The maximum atomic E-state index is 11.0. The Kier molecular flexibility index (Phi) is 7.24. The van der Waals surface area contributed by atoms with E-state index in [4.69, 9.17) is 15.6 Å². The number of nitrogens with two attached hydrogens (primary N) is 1. The maximum Gasteiger partial charge on any atom is 0.320 e. The van der Waals surface area contributed by atoms with E-state index < -0.39 is 12.0 Å². The molecule has 0 fully saturated rings. The Labute approximate surface area is 190 Å². The molecule has 0 bridgehead atoms. The van der Waals surface area contributed by atoms with Crippen molar-refractivity contribution in [2.24, 2.45) is 5.73 Å². The highest BCUT2D eigenvalue weighted by Gasteiger charge is 2.16. The lowest BCUT2D eigenvalue weighted by Gasteiger charge is -2.14. The Morgan fingerprint density at radius 2 is 1.82 bits per heavy atom. The second kappa shape index (κ2) is 9.66. The molecule has 144 valence electrons. The van der Waals surface area contributed by atoms with Gasteiger partial charge in [-0.25, -0.2) is 0 Å². The molecular formula is C21H18I2N2O3. The molecule has 1 atom stereocenters. The monoisotopic (exact) mass is 600 g/mol. The minimum Gasteiger partial charge on any atom is -0.480 e. The molecule has 1 unspecified atom stereocenters. The average Bonchev–Trinajstić information content (AvgIpc) is 2.66. The third-order valence-corrected chi connectivity index (χ3v) is 5.66. The first-order valence-electron chi connectivity index (χ1n) is 8.55. The molecule has 0 aliphatic heterocycles. The van der Waals surface area contributed by atoms with Crippen LogP contribution in [0.1, 0.15) is 16.8 Å². The van der Waals surface area contributed by atoms with Gasteiger partial charge in [0.1, 0.15) is 11.8 Å². The summed E-state index contributed by atoms with van der Waals surface area (Å²) in [5.74, 6) is 0.498. The molecule has 0 saturated heterocycles. The fourth-order valence-electron chi connectivity index (χ4n) is 2.72. The van der Waals surface area contributed by atoms with E-state index in [0.717, 1.165) is 41.9 Å². The normalized spacial score (nSPS) is 11.8. The number of pyridine rings is 1. The first-order valence-corrected chi connectivity index (χ1v) is 10.7. The van der Waals surface area contributed by atoms with E-state index >= 15 is 0 Å². The average molecular weight is 600 g/mol. The van der Waals surface area contributed by atoms with Gasteiger partial charge >= 0.3 is 5.97 Å². The summed E-state index contributed by atoms with van der Waals surface area (Å²) >= 11 is 4.40. The van der Waals surface area contributed by atoms with Gasteiger partial charge in [0, 0.05) is 18.3 Å². The fourth-order valence-corrected chi connectivity index (χ4v) is 4.83. The number of hydrogen-bond donors (Lipinski definition) is 2. The Balaban J connectivity index is 1.78. The quantitative estimate of drug-likeness (QED) is 0.387. The molecule has 0 spiro atoms. The third-order valence-electron chi connectivity index (χ3n) is 4.06. The molecule has 28 heavy (non-hydrogen) atoms. The molecule has 1 heterocycles. The highest BCUT2D eigenvalue weighted by atomic mass is 127. The van der Waals surface area contributed by atoms with Crippen molar-refractivity contribution in [1.29, 1.82) is 0 Å². The molecule has 3 N–H and O–H groups in total. The Morgan fingerprint density at radius 1 is 1.07 bits per heavy atom. The van der Waals surface area contributed by atoms with Crippen molar-refractivity contribution >= 4 is 51.2 Å². The first kappa shape index (κ1) is 21.0. The number of aromatic nitrogens is 1. The van der Waals surface area contributed by atoms with E-state index in [2.05, 4.69) is 50.2 Å². The number of carboxylic acids is 1. The number of carboxylic acid groups (broad SMARTS) is 1. The molecule has 0 aliphatic carbocycles. The van der Waals surface area contributed by atoms with Gasteiger partial charge < -0.3 is 15.6 Å². The highest BCUT2D eigenvalue weighted by Crippen LogP contribution is 2.33. The molecule has 1 aromatic heterocycles. The number of benzene rings is 2. The van der Waals surface area contributed by atoms with Crippen LogP contribution in [0.15, 0.2) is 60.8 Å². The van der Waals surface area contributed by atoms with Gasteiger partial charge in [-0.3, -0.25) is 9.78 Å². The van der Waals surface area contributed by atoms with Crippen LogP contribution in [0.3, 0.4) is 0 Å². The topological polar surface area (TPSA) is 85.4 Å². The van der Waals surface area contributed by atoms with Crippen LogP contribution in [0.4, 0.5) is 0 Å². The van der Waals surface area contributed by atoms with Crippen LogP contribution in [0.25, 0.3) is 0 Å². The fraction of sp³-hybridized carbons (Fsp3) is 0.143. The van der Waals surface area contributed by atoms with E-state index in [-0.39, 0.29) is 6.42 Å². The van der Waals surface area contributed by atoms with Crippen LogP contribution in [-0.4, -0.2) is 22.1 Å². The van der Waals surface area contributed by atoms with E-state index in [0.29, 0.717) is 0 Å². The summed E-state index contributed by atoms with van der Waals surface area (Å²) in [6, 6.07) is 16.7. The van der Waals surface area contributed by atoms with Crippen molar-refractivity contribution in [2.45, 2.75) is 18.9 Å². The lowest BCUT2D eigenvalue weighted by atomic mass is 10.1. The summed E-state index contributed by atoms with van der Waals surface area (Å²) in [5, 5.41) is 9.01. The number of carbonyl (C=O) groups is 1. The van der Waals surface area contributed by atoms with Crippen molar-refractivity contribution < 1.29 is 14.6 Å². The van der Waals surface area contributed by atoms with E-state index in [1.54, 1.807) is 6.20 Å². The van der Waals surface area contributed by atoms with E-state index in [9.17, 15) is 4.79 Å². The number of rotatable bonds is 7. The van der Waals surface area contributed by atoms with Crippen LogP contribution in [0.2, 0.25) is 0 Å². The van der Waals surface area contributed by atoms with Crippen molar-refractivity contribution in [2.75, 3.05) is 0 Å². The predicted molar refractivity (Wildman–Crippen MR) is 125 cm³/mol. The van der Waals surface area contributed by atoms with Crippen LogP contribution < -0.4 is 10.5 Å². The van der Waals surface area contributed by atoms with Crippen LogP contribution in [-0.2, 0) is 17.6 Å². The highest BCUT2D eigenvalue weighted by molar-refractivity contribution is 14.1. The van der Waals surface area contributed by atoms with Crippen LogP contribution in [0, 0.1) is 7.14 Å². The summed E-state index contributed by atoms with van der Waals surface area (Å²) in [6.07, 6.45) is 2.80. The minimum atomic E-state index is -1.00. The van der Waals surface area contributed by atoms with Gasteiger partial charge in [-0.05, 0) is 99.1 Å². The van der Waals surface area contributed by atoms with Gasteiger partial charge in [0.15, 0.2) is 5.75 Å². The second-order valence-electron chi connectivity index (χ2n) is 6.28. The summed E-state index contributed by atoms with van der Waals surface area (Å²) in [7, 11) is 0. The van der Waals surface area contributed by atoms with E-state index in [1.807, 2.05) is 54.6 Å². The summed E-state index contributed by atoms with van der Waals surface area (Å²) in [6.45, 7) is 0. The van der Waals surface area contributed by atoms with E-state index in [1.165, 1.54) is 0 Å². The number of ether oxygens (including phenoxy) is 1. The second-order valence-corrected chi connectivity index (χ2v) is 8.61. The molecule has 3 aromatic rings. The van der Waals surface area contributed by atoms with Gasteiger partial charge in [-0.15, -0.1) is 0 Å². The molecule has 0 aliphatic rings. The summed E-state index contributed by atoms with van der Waals surface area (Å²) in [5.41, 5.74) is 8.64. The third kappa shape index (κ3) is 5.65. The maximum absolute atomic E-state index is 11.0. The van der Waals surface area contributed by atoms with Crippen molar-refractivity contribution in [1.82, 2.24) is 4.98 Å². The van der Waals surface area contributed by atoms with Gasteiger partial charge in [0.25, 0.3) is 0 Å². The summed E-state index contributed by atoms with van der Waals surface area (Å²) in [4.78, 5) is 15.4. The Morgan fingerprint density at radius 3 is 2.46 bits per heavy atom. The largest absolute Gasteiger partial charge is 0.480 e. The van der Waals surface area contributed by atoms with Crippen molar-refractivity contribution in [3.8, 4) is 11.5 Å². The van der Waals surface area contributed by atoms with Crippen molar-refractivity contribution in [3.63, 3.8) is 0 Å². The molecule has 0 saturated carbocycles. The zero-order chi connectivity index (χ0) is 20.1. The van der Waals surface area contributed by atoms with Gasteiger partial charge in [-0.2, -0.15) is 0 Å². The smallest absolute Gasteiger partial charge is 0.320 e. The number of halogens is 2. The Hall–Kier alpha value is -1.72. The molecule has 2 aromatic carbocycles. The molecule has 3 rings (SSSR count). The predicted octanol–water partition coefficient (Wildman–Crippen LogP) is 4.63. The van der Waals surface area contributed by atoms with Crippen molar-refractivity contribution in [3.05, 3.63) is 84.8 Å². The number of aliphatic carboxylic acids is 1. The lowest BCUT2D eigenvalue weighted by Crippen LogP contribution is -2.32.